The number of halogens is 1. The molecule has 1 aromatic carbocycles. The van der Waals surface area contributed by atoms with E-state index in [2.05, 4.69) is 15.0 Å². The van der Waals surface area contributed by atoms with Crippen molar-refractivity contribution in [3.05, 3.63) is 46.2 Å². The molecule has 8 heteroatoms. The molecule has 114 valence electrons. The number of sulfonamides is 1. The quantitative estimate of drug-likeness (QED) is 0.851. The van der Waals surface area contributed by atoms with Gasteiger partial charge in [-0.3, -0.25) is 0 Å². The smallest absolute Gasteiger partial charge is 0.244 e. The van der Waals surface area contributed by atoms with E-state index in [1.54, 1.807) is 31.6 Å². The van der Waals surface area contributed by atoms with Gasteiger partial charge >= 0.3 is 0 Å². The average molecular weight is 329 g/mol. The maximum absolute atomic E-state index is 14.0. The van der Waals surface area contributed by atoms with E-state index in [-0.39, 0.29) is 4.90 Å². The molecular weight excluding hydrogens is 313 g/mol. The molecular formula is C13H16FN3O2S2. The third kappa shape index (κ3) is 3.85. The zero-order valence-corrected chi connectivity index (χ0v) is 13.3. The van der Waals surface area contributed by atoms with Crippen molar-refractivity contribution in [1.29, 1.82) is 0 Å². The number of hydrogen-bond donors (Lipinski definition) is 2. The first-order valence-corrected chi connectivity index (χ1v) is 8.65. The Morgan fingerprint density at radius 1 is 1.43 bits per heavy atom. The number of thiazole rings is 1. The zero-order valence-electron chi connectivity index (χ0n) is 11.6. The lowest BCUT2D eigenvalue weighted by Gasteiger charge is -2.13. The summed E-state index contributed by atoms with van der Waals surface area (Å²) in [6, 6.07) is 3.58. The number of aromatic nitrogens is 1. The zero-order chi connectivity index (χ0) is 15.5. The summed E-state index contributed by atoms with van der Waals surface area (Å²) in [6.45, 7) is 2.14. The molecule has 21 heavy (non-hydrogen) atoms. The molecule has 2 rings (SSSR count). The fourth-order valence-electron chi connectivity index (χ4n) is 1.87. The number of rotatable bonds is 6. The molecule has 0 spiro atoms. The highest BCUT2D eigenvalue weighted by molar-refractivity contribution is 7.89. The van der Waals surface area contributed by atoms with E-state index in [1.165, 1.54) is 23.5 Å². The lowest BCUT2D eigenvalue weighted by molar-refractivity contribution is 0.545. The van der Waals surface area contributed by atoms with Crippen molar-refractivity contribution in [2.75, 3.05) is 7.05 Å². The third-order valence-electron chi connectivity index (χ3n) is 2.82. The Bertz CT molecular complexity index is 702. The molecule has 0 aliphatic carbocycles. The molecule has 1 atom stereocenters. The standard InChI is InChI=1S/C13H16FN3O2S2/c1-9(13-16-5-6-20-13)17-21(18,19)12-4-3-10(8-15-2)7-11(12)14/h3-7,9,15,17H,8H2,1-2H3. The van der Waals surface area contributed by atoms with Crippen LogP contribution in [-0.4, -0.2) is 20.4 Å². The molecule has 1 heterocycles. The fraction of sp³-hybridized carbons (Fsp3) is 0.308. The van der Waals surface area contributed by atoms with E-state index in [4.69, 9.17) is 0 Å². The molecule has 1 unspecified atom stereocenters. The highest BCUT2D eigenvalue weighted by Crippen LogP contribution is 2.21. The first-order chi connectivity index (χ1) is 9.94. The van der Waals surface area contributed by atoms with E-state index in [0.717, 1.165) is 0 Å². The van der Waals surface area contributed by atoms with Crippen LogP contribution in [0.2, 0.25) is 0 Å². The van der Waals surface area contributed by atoms with Gasteiger partial charge in [-0.05, 0) is 31.7 Å². The van der Waals surface area contributed by atoms with Crippen molar-refractivity contribution < 1.29 is 12.8 Å². The molecule has 5 nitrogen and oxygen atoms in total. The van der Waals surface area contributed by atoms with Gasteiger partial charge in [-0.25, -0.2) is 22.5 Å². The summed E-state index contributed by atoms with van der Waals surface area (Å²) in [7, 11) is -2.19. The Hall–Kier alpha value is -1.35. The van der Waals surface area contributed by atoms with Crippen LogP contribution in [0.3, 0.4) is 0 Å². The molecule has 0 aliphatic rings. The van der Waals surface area contributed by atoms with E-state index >= 15 is 0 Å². The largest absolute Gasteiger partial charge is 0.316 e. The van der Waals surface area contributed by atoms with Crippen LogP contribution in [0, 0.1) is 5.82 Å². The van der Waals surface area contributed by atoms with Gasteiger partial charge in [0.1, 0.15) is 15.7 Å². The van der Waals surface area contributed by atoms with Crippen molar-refractivity contribution in [2.24, 2.45) is 0 Å². The SMILES string of the molecule is CNCc1ccc(S(=O)(=O)NC(C)c2nccs2)c(F)c1. The van der Waals surface area contributed by atoms with Crippen LogP contribution in [0.5, 0.6) is 0 Å². The number of benzene rings is 1. The van der Waals surface area contributed by atoms with E-state index in [9.17, 15) is 12.8 Å². The lowest BCUT2D eigenvalue weighted by Crippen LogP contribution is -2.27. The van der Waals surface area contributed by atoms with E-state index in [1.807, 2.05) is 0 Å². The Balaban J connectivity index is 2.23. The number of nitrogens with zero attached hydrogens (tertiary/aromatic N) is 1. The van der Waals surface area contributed by atoms with Gasteiger partial charge in [0.2, 0.25) is 10.0 Å². The topological polar surface area (TPSA) is 71.1 Å². The minimum atomic E-state index is -3.93. The van der Waals surface area contributed by atoms with Crippen LogP contribution in [0.15, 0.2) is 34.7 Å². The normalized spacial score (nSPS) is 13.3. The Labute approximate surface area is 127 Å². The summed E-state index contributed by atoms with van der Waals surface area (Å²) in [4.78, 5) is 3.69. The van der Waals surface area contributed by atoms with E-state index in [0.29, 0.717) is 17.1 Å². The Morgan fingerprint density at radius 3 is 2.76 bits per heavy atom. The number of hydrogen-bond acceptors (Lipinski definition) is 5. The summed E-state index contributed by atoms with van der Waals surface area (Å²) in [5.74, 6) is -0.762. The molecule has 0 saturated carbocycles. The molecule has 0 aliphatic heterocycles. The summed E-state index contributed by atoms with van der Waals surface area (Å²) in [6.07, 6.45) is 1.60. The highest BCUT2D eigenvalue weighted by atomic mass is 32.2. The number of nitrogens with one attached hydrogen (secondary N) is 2. The Kier molecular flexibility index (Phi) is 5.04. The first kappa shape index (κ1) is 16.0. The average Bonchev–Trinajstić information content (AvgIpc) is 2.92. The second-order valence-corrected chi connectivity index (χ2v) is 7.12. The third-order valence-corrected chi connectivity index (χ3v) is 5.35. The van der Waals surface area contributed by atoms with Crippen molar-refractivity contribution >= 4 is 21.4 Å². The molecule has 0 amide bonds. The minimum Gasteiger partial charge on any atom is -0.316 e. The lowest BCUT2D eigenvalue weighted by atomic mass is 10.2. The molecule has 0 radical (unpaired) electrons. The summed E-state index contributed by atoms with van der Waals surface area (Å²) >= 11 is 1.34. The fourth-order valence-corrected chi connectivity index (χ4v) is 3.86. The van der Waals surface area contributed by atoms with Crippen molar-refractivity contribution in [3.8, 4) is 0 Å². The molecule has 2 N–H and O–H groups in total. The van der Waals surface area contributed by atoms with Crippen LogP contribution in [0.25, 0.3) is 0 Å². The van der Waals surface area contributed by atoms with Gasteiger partial charge in [0.15, 0.2) is 0 Å². The van der Waals surface area contributed by atoms with Gasteiger partial charge in [-0.2, -0.15) is 0 Å². The van der Waals surface area contributed by atoms with Crippen LogP contribution < -0.4 is 10.0 Å². The second-order valence-electron chi connectivity index (χ2n) is 4.51. The van der Waals surface area contributed by atoms with Crippen molar-refractivity contribution in [3.63, 3.8) is 0 Å². The van der Waals surface area contributed by atoms with Crippen molar-refractivity contribution in [2.45, 2.75) is 24.4 Å². The second kappa shape index (κ2) is 6.61. The first-order valence-electron chi connectivity index (χ1n) is 6.29. The van der Waals surface area contributed by atoms with Crippen molar-refractivity contribution in [1.82, 2.24) is 15.0 Å². The van der Waals surface area contributed by atoms with Gasteiger partial charge in [-0.1, -0.05) is 6.07 Å². The van der Waals surface area contributed by atoms with Gasteiger partial charge in [0, 0.05) is 18.1 Å². The predicted molar refractivity (Wildman–Crippen MR) is 80.0 cm³/mol. The van der Waals surface area contributed by atoms with Crippen LogP contribution >= 0.6 is 11.3 Å². The van der Waals surface area contributed by atoms with Crippen LogP contribution in [0.1, 0.15) is 23.5 Å². The highest BCUT2D eigenvalue weighted by Gasteiger charge is 2.23. The summed E-state index contributed by atoms with van der Waals surface area (Å²) in [5, 5.41) is 5.27. The van der Waals surface area contributed by atoms with Crippen LogP contribution in [0.4, 0.5) is 4.39 Å². The molecule has 0 fully saturated rings. The molecule has 0 bridgehead atoms. The predicted octanol–water partition coefficient (Wildman–Crippen LogP) is 2.04. The maximum atomic E-state index is 14.0. The molecule has 1 aromatic heterocycles. The maximum Gasteiger partial charge on any atom is 0.244 e. The Morgan fingerprint density at radius 2 is 2.19 bits per heavy atom. The molecule has 2 aromatic rings. The summed E-state index contributed by atoms with van der Waals surface area (Å²) < 4.78 is 40.9. The van der Waals surface area contributed by atoms with Gasteiger partial charge in [0.25, 0.3) is 0 Å². The monoisotopic (exact) mass is 329 g/mol. The van der Waals surface area contributed by atoms with E-state index < -0.39 is 21.9 Å². The van der Waals surface area contributed by atoms with Crippen LogP contribution in [-0.2, 0) is 16.6 Å². The summed E-state index contributed by atoms with van der Waals surface area (Å²) in [5.41, 5.74) is 0.682. The van der Waals surface area contributed by atoms with Gasteiger partial charge in [0.05, 0.1) is 6.04 Å². The van der Waals surface area contributed by atoms with Gasteiger partial charge in [-0.15, -0.1) is 11.3 Å². The minimum absolute atomic E-state index is 0.356. The van der Waals surface area contributed by atoms with Gasteiger partial charge < -0.3 is 5.32 Å². The molecule has 0 saturated heterocycles.